The second-order valence-corrected chi connectivity index (χ2v) is 7.64. The van der Waals surface area contributed by atoms with E-state index in [0.29, 0.717) is 31.3 Å². The largest absolute Gasteiger partial charge is 0.383 e. The molecule has 1 amide bonds. The molecule has 2 heterocycles. The summed E-state index contributed by atoms with van der Waals surface area (Å²) in [6.07, 6.45) is 5.35. The number of hydrogen-bond acceptors (Lipinski definition) is 3. The van der Waals surface area contributed by atoms with Gasteiger partial charge in [0, 0.05) is 37.9 Å². The van der Waals surface area contributed by atoms with Gasteiger partial charge in [0.15, 0.2) is 0 Å². The first kappa shape index (κ1) is 18.6. The fourth-order valence-corrected chi connectivity index (χ4v) is 3.71. The molecular formula is C21H29N3O2. The molecular weight excluding hydrogens is 326 g/mol. The van der Waals surface area contributed by atoms with Crippen molar-refractivity contribution in [1.29, 1.82) is 0 Å². The maximum absolute atomic E-state index is 12.4. The Morgan fingerprint density at radius 1 is 1.23 bits per heavy atom. The summed E-state index contributed by atoms with van der Waals surface area (Å²) in [6, 6.07) is 10.4. The van der Waals surface area contributed by atoms with E-state index in [2.05, 4.69) is 33.8 Å². The summed E-state index contributed by atoms with van der Waals surface area (Å²) >= 11 is 0. The van der Waals surface area contributed by atoms with E-state index >= 15 is 0 Å². The number of carbonyl (C=O) groups is 1. The van der Waals surface area contributed by atoms with Gasteiger partial charge in [0.1, 0.15) is 11.9 Å². The molecule has 1 aliphatic heterocycles. The van der Waals surface area contributed by atoms with Gasteiger partial charge in [-0.05, 0) is 30.7 Å². The van der Waals surface area contributed by atoms with Crippen molar-refractivity contribution in [2.45, 2.75) is 51.7 Å². The molecule has 26 heavy (non-hydrogen) atoms. The number of carbonyl (C=O) groups excluding carboxylic acids is 1. The number of aromatic nitrogens is 2. The molecule has 0 bridgehead atoms. The van der Waals surface area contributed by atoms with Crippen LogP contribution >= 0.6 is 0 Å². The maximum atomic E-state index is 12.4. The van der Waals surface area contributed by atoms with Crippen LogP contribution in [0.4, 0.5) is 0 Å². The molecule has 1 aromatic heterocycles. The van der Waals surface area contributed by atoms with Crippen molar-refractivity contribution in [3.8, 4) is 0 Å². The number of aliphatic hydroxyl groups excluding tert-OH is 1. The van der Waals surface area contributed by atoms with Crippen LogP contribution in [-0.4, -0.2) is 44.7 Å². The summed E-state index contributed by atoms with van der Waals surface area (Å²) in [7, 11) is 0. The van der Waals surface area contributed by atoms with E-state index in [4.69, 9.17) is 0 Å². The van der Waals surface area contributed by atoms with E-state index in [1.807, 2.05) is 37.2 Å². The fourth-order valence-electron chi connectivity index (χ4n) is 3.71. The Hall–Kier alpha value is -2.14. The molecule has 1 N–H and O–H groups in total. The standard InChI is InChI=1S/C21H29N3O2/c1-16(2)14-19(25)21(26)23-11-8-18(9-12-23)20-22-10-13-24(20)15-17-6-4-3-5-7-17/h3-7,10,13,16,18-19,25H,8-9,11-12,14-15H2,1-2H3/t19-/m1/s1. The topological polar surface area (TPSA) is 58.4 Å². The van der Waals surface area contributed by atoms with Crippen LogP contribution in [0.3, 0.4) is 0 Å². The normalized spacial score (nSPS) is 16.8. The van der Waals surface area contributed by atoms with Gasteiger partial charge in [0.25, 0.3) is 5.91 Å². The zero-order valence-electron chi connectivity index (χ0n) is 15.7. The zero-order valence-corrected chi connectivity index (χ0v) is 15.7. The Morgan fingerprint density at radius 2 is 1.92 bits per heavy atom. The first-order valence-corrected chi connectivity index (χ1v) is 9.56. The van der Waals surface area contributed by atoms with Crippen LogP contribution in [0.1, 0.15) is 50.4 Å². The highest BCUT2D eigenvalue weighted by molar-refractivity contribution is 5.80. The lowest BCUT2D eigenvalue weighted by molar-refractivity contribution is -0.142. The average Bonchev–Trinajstić information content (AvgIpc) is 3.09. The smallest absolute Gasteiger partial charge is 0.251 e. The third kappa shape index (κ3) is 4.52. The second-order valence-electron chi connectivity index (χ2n) is 7.64. The van der Waals surface area contributed by atoms with Gasteiger partial charge in [-0.25, -0.2) is 4.98 Å². The molecule has 0 spiro atoms. The minimum atomic E-state index is -0.869. The zero-order chi connectivity index (χ0) is 18.5. The number of benzene rings is 1. The SMILES string of the molecule is CC(C)C[C@@H](O)C(=O)N1CCC(c2nccn2Cc2ccccc2)CC1. The van der Waals surface area contributed by atoms with E-state index in [0.717, 1.165) is 25.2 Å². The summed E-state index contributed by atoms with van der Waals surface area (Å²) in [6.45, 7) is 6.25. The number of amides is 1. The predicted octanol–water partition coefficient (Wildman–Crippen LogP) is 3.04. The molecule has 1 atom stereocenters. The van der Waals surface area contributed by atoms with Crippen LogP contribution in [0, 0.1) is 5.92 Å². The lowest BCUT2D eigenvalue weighted by atomic mass is 9.95. The van der Waals surface area contributed by atoms with Crippen molar-refractivity contribution < 1.29 is 9.90 Å². The van der Waals surface area contributed by atoms with Gasteiger partial charge in [-0.1, -0.05) is 44.2 Å². The highest BCUT2D eigenvalue weighted by Crippen LogP contribution is 2.28. The van der Waals surface area contributed by atoms with E-state index in [1.165, 1.54) is 5.56 Å². The minimum absolute atomic E-state index is 0.121. The van der Waals surface area contributed by atoms with Crippen molar-refractivity contribution in [2.24, 2.45) is 5.92 Å². The summed E-state index contributed by atoms with van der Waals surface area (Å²) in [4.78, 5) is 18.8. The van der Waals surface area contributed by atoms with Crippen LogP contribution in [0.5, 0.6) is 0 Å². The molecule has 1 aromatic carbocycles. The Bertz CT molecular complexity index is 703. The number of likely N-dealkylation sites (tertiary alicyclic amines) is 1. The summed E-state index contributed by atoms with van der Waals surface area (Å²) < 4.78 is 2.21. The molecule has 0 aliphatic carbocycles. The number of rotatable bonds is 6. The maximum Gasteiger partial charge on any atom is 0.251 e. The minimum Gasteiger partial charge on any atom is -0.383 e. The van der Waals surface area contributed by atoms with Gasteiger partial charge in [-0.3, -0.25) is 4.79 Å². The van der Waals surface area contributed by atoms with Crippen LogP contribution in [0.15, 0.2) is 42.7 Å². The van der Waals surface area contributed by atoms with Crippen LogP contribution in [0.2, 0.25) is 0 Å². The molecule has 2 aromatic rings. The van der Waals surface area contributed by atoms with Crippen molar-refractivity contribution >= 4 is 5.91 Å². The molecule has 5 heteroatoms. The number of piperidine rings is 1. The van der Waals surface area contributed by atoms with Gasteiger partial charge in [0.2, 0.25) is 0 Å². The first-order valence-electron chi connectivity index (χ1n) is 9.56. The van der Waals surface area contributed by atoms with Crippen molar-refractivity contribution in [3.63, 3.8) is 0 Å². The second kappa shape index (κ2) is 8.49. The van der Waals surface area contributed by atoms with E-state index in [-0.39, 0.29) is 5.91 Å². The van der Waals surface area contributed by atoms with Crippen molar-refractivity contribution in [3.05, 3.63) is 54.1 Å². The third-order valence-electron chi connectivity index (χ3n) is 5.09. The van der Waals surface area contributed by atoms with Gasteiger partial charge in [-0.15, -0.1) is 0 Å². The third-order valence-corrected chi connectivity index (χ3v) is 5.09. The Kier molecular flexibility index (Phi) is 6.09. The highest BCUT2D eigenvalue weighted by Gasteiger charge is 2.29. The molecule has 3 rings (SSSR count). The lowest BCUT2D eigenvalue weighted by Gasteiger charge is -2.33. The molecule has 5 nitrogen and oxygen atoms in total. The number of imidazole rings is 1. The van der Waals surface area contributed by atoms with Crippen molar-refractivity contribution in [2.75, 3.05) is 13.1 Å². The molecule has 140 valence electrons. The molecule has 0 saturated carbocycles. The number of aliphatic hydroxyl groups is 1. The molecule has 1 aliphatic rings. The van der Waals surface area contributed by atoms with Crippen LogP contribution in [0.25, 0.3) is 0 Å². The average molecular weight is 355 g/mol. The fraction of sp³-hybridized carbons (Fsp3) is 0.524. The molecule has 1 saturated heterocycles. The van der Waals surface area contributed by atoms with Crippen molar-refractivity contribution in [1.82, 2.24) is 14.5 Å². The van der Waals surface area contributed by atoms with Gasteiger partial charge in [-0.2, -0.15) is 0 Å². The monoisotopic (exact) mass is 355 g/mol. The molecule has 1 fully saturated rings. The Morgan fingerprint density at radius 3 is 2.58 bits per heavy atom. The van der Waals surface area contributed by atoms with E-state index in [1.54, 1.807) is 0 Å². The van der Waals surface area contributed by atoms with E-state index < -0.39 is 6.10 Å². The van der Waals surface area contributed by atoms with Gasteiger partial charge in [0.05, 0.1) is 0 Å². The first-order chi connectivity index (χ1) is 12.5. The van der Waals surface area contributed by atoms with Gasteiger partial charge < -0.3 is 14.6 Å². The van der Waals surface area contributed by atoms with Crippen LogP contribution in [-0.2, 0) is 11.3 Å². The highest BCUT2D eigenvalue weighted by atomic mass is 16.3. The quantitative estimate of drug-likeness (QED) is 0.866. The predicted molar refractivity (Wildman–Crippen MR) is 102 cm³/mol. The molecule has 0 radical (unpaired) electrons. The number of nitrogens with zero attached hydrogens (tertiary/aromatic N) is 3. The Balaban J connectivity index is 1.59. The lowest BCUT2D eigenvalue weighted by Crippen LogP contribution is -2.44. The van der Waals surface area contributed by atoms with Crippen LogP contribution < -0.4 is 0 Å². The van der Waals surface area contributed by atoms with E-state index in [9.17, 15) is 9.90 Å². The number of hydrogen-bond donors (Lipinski definition) is 1. The summed E-state index contributed by atoms with van der Waals surface area (Å²) in [5.74, 6) is 1.66. The van der Waals surface area contributed by atoms with Gasteiger partial charge >= 0.3 is 0 Å². The Labute approximate surface area is 155 Å². The molecule has 0 unspecified atom stereocenters. The summed E-state index contributed by atoms with van der Waals surface area (Å²) in [5, 5.41) is 10.1. The summed E-state index contributed by atoms with van der Waals surface area (Å²) in [5.41, 5.74) is 1.26.